The van der Waals surface area contributed by atoms with Crippen molar-refractivity contribution in [2.45, 2.75) is 49.2 Å². The summed E-state index contributed by atoms with van der Waals surface area (Å²) in [5.74, 6) is 5.93. The molecule has 3 aliphatic heterocycles. The number of carbonyl (C=O) groups is 1. The van der Waals surface area contributed by atoms with Crippen LogP contribution in [0.2, 0.25) is 0 Å². The zero-order chi connectivity index (χ0) is 26.9. The number of aryl methyl sites for hydroxylation is 1. The van der Waals surface area contributed by atoms with Crippen LogP contribution in [0.25, 0.3) is 0 Å². The van der Waals surface area contributed by atoms with Crippen molar-refractivity contribution in [2.75, 3.05) is 31.1 Å². The Hall–Kier alpha value is -3.20. The summed E-state index contributed by atoms with van der Waals surface area (Å²) in [5, 5.41) is 4.08. The lowest BCUT2D eigenvalue weighted by atomic mass is 10.1. The monoisotopic (exact) mass is 509 g/mol. The van der Waals surface area contributed by atoms with Gasteiger partial charge < -0.3 is 0 Å². The molecule has 0 radical (unpaired) electrons. The number of carbonyl (C=O) groups excluding carboxylic acids is 1. The van der Waals surface area contributed by atoms with Crippen LogP contribution in [0.5, 0.6) is 0 Å². The number of hydrogen-bond acceptors (Lipinski definition) is 7. The van der Waals surface area contributed by atoms with Crippen molar-refractivity contribution in [1.29, 1.82) is 0 Å². The Kier molecular flexibility index (Phi) is 4.91. The highest BCUT2D eigenvalue weighted by molar-refractivity contribution is 7.89. The Morgan fingerprint density at radius 3 is 2.78 bits per heavy atom. The number of nitrogens with zero attached hydrogens (tertiary/aromatic N) is 6. The van der Waals surface area contributed by atoms with Gasteiger partial charge in [-0.3, -0.25) is 24.2 Å². The summed E-state index contributed by atoms with van der Waals surface area (Å²) in [6.45, 7) is 2.47. The van der Waals surface area contributed by atoms with Crippen molar-refractivity contribution in [3.8, 4) is 11.8 Å². The molecule has 2 aromatic rings. The van der Waals surface area contributed by atoms with Gasteiger partial charge in [-0.2, -0.15) is 5.10 Å². The van der Waals surface area contributed by atoms with Crippen LogP contribution in [0.4, 0.5) is 5.69 Å². The van der Waals surface area contributed by atoms with Crippen molar-refractivity contribution in [3.05, 3.63) is 41.7 Å². The van der Waals surface area contributed by atoms with Crippen LogP contribution in [-0.2, 0) is 23.6 Å². The minimum Gasteiger partial charge on any atom is -0.295 e. The maximum Gasteiger partial charge on any atom is 0.263 e. The minimum atomic E-state index is -3.88. The van der Waals surface area contributed by atoms with E-state index in [9.17, 15) is 13.2 Å². The Bertz CT molecular complexity index is 1520. The fourth-order valence-corrected chi connectivity index (χ4v) is 5.99. The Morgan fingerprint density at radius 1 is 1.31 bits per heavy atom. The third kappa shape index (κ3) is 4.19. The van der Waals surface area contributed by atoms with Gasteiger partial charge in [0.2, 0.25) is 16.0 Å². The molecule has 1 amide bonds. The highest BCUT2D eigenvalue weighted by Crippen LogP contribution is 2.38. The first-order valence-corrected chi connectivity index (χ1v) is 13.5. The lowest BCUT2D eigenvalue weighted by Gasteiger charge is -2.37. The summed E-state index contributed by atoms with van der Waals surface area (Å²) in [4.78, 5) is 23.4. The van der Waals surface area contributed by atoms with Crippen LogP contribution in [0.1, 0.15) is 44.8 Å². The predicted molar refractivity (Wildman–Crippen MR) is 135 cm³/mol. The molecule has 10 nitrogen and oxygen atoms in total. The fraction of sp³-hybridized carbons (Fsp3) is 0.480. The lowest BCUT2D eigenvalue weighted by molar-refractivity contribution is 0.0833. The van der Waals surface area contributed by atoms with Crippen LogP contribution >= 0.6 is 0 Å². The summed E-state index contributed by atoms with van der Waals surface area (Å²) in [7, 11) is -2.21. The van der Waals surface area contributed by atoms with Gasteiger partial charge in [-0.1, -0.05) is 11.8 Å². The van der Waals surface area contributed by atoms with Gasteiger partial charge in [0.15, 0.2) is 0 Å². The molecule has 1 saturated heterocycles. The molecule has 0 bridgehead atoms. The Labute approximate surface area is 213 Å². The number of amides is 1. The summed E-state index contributed by atoms with van der Waals surface area (Å²) in [6.07, 6.45) is 5.54. The van der Waals surface area contributed by atoms with Gasteiger partial charge >= 0.3 is 0 Å². The summed E-state index contributed by atoms with van der Waals surface area (Å²) in [5.41, 5.74) is 0.245. The number of anilines is 1. The zero-order valence-electron chi connectivity index (χ0n) is 22.2. The van der Waals surface area contributed by atoms with Gasteiger partial charge in [-0.05, 0) is 44.4 Å². The van der Waals surface area contributed by atoms with E-state index >= 15 is 0 Å². The standard InChI is InChI=1S/C25H29N7O3S/c1-25(8-9-25)28-36(34,35)20-6-7-22-21(13-20)23(33)31(17-18-14-27-29(2)16-18)24-26-15-19(32(22)24)5-3-10-30-11-4-12-30/h6-7,13-14,16,19,28H,4,8-12,15,17H2,1-2H3/t19-/m1/s1/i17D2. The first-order valence-electron chi connectivity index (χ1n) is 13.0. The molecule has 1 N–H and O–H groups in total. The fourth-order valence-electron chi connectivity index (χ4n) is 4.50. The van der Waals surface area contributed by atoms with Gasteiger partial charge in [0.1, 0.15) is 6.04 Å². The predicted octanol–water partition coefficient (Wildman–Crippen LogP) is 1.16. The molecule has 1 saturated carbocycles. The number of aromatic nitrogens is 2. The number of likely N-dealkylation sites (tertiary alicyclic amines) is 1. The SMILES string of the molecule is [2H]C([2H])(c1cnn(C)c1)N1C(=O)c2cc(S(=O)(=O)NC3(C)CC3)ccc2N2C1=NC[C@H]2C#CCN1CCC1. The van der Waals surface area contributed by atoms with Crippen molar-refractivity contribution in [3.63, 3.8) is 0 Å². The number of guanidine groups is 1. The summed E-state index contributed by atoms with van der Waals surface area (Å²) < 4.78 is 48.3. The van der Waals surface area contributed by atoms with Crippen LogP contribution in [0, 0.1) is 11.8 Å². The quantitative estimate of drug-likeness (QED) is 0.587. The van der Waals surface area contributed by atoms with Crippen LogP contribution in [-0.4, -0.2) is 77.6 Å². The van der Waals surface area contributed by atoms with E-state index in [0.717, 1.165) is 37.3 Å². The molecule has 1 atom stereocenters. The number of nitrogens with one attached hydrogen (secondary N) is 1. The Morgan fingerprint density at radius 2 is 2.11 bits per heavy atom. The summed E-state index contributed by atoms with van der Waals surface area (Å²) in [6, 6.07) is 3.99. The van der Waals surface area contributed by atoms with Crippen LogP contribution in [0.3, 0.4) is 0 Å². The molecule has 4 aliphatic rings. The van der Waals surface area contributed by atoms with Gasteiger partial charge in [0, 0.05) is 37.4 Å². The molecular formula is C25H29N7O3S. The van der Waals surface area contributed by atoms with Gasteiger partial charge in [0.25, 0.3) is 5.91 Å². The molecule has 6 rings (SSSR count). The van der Waals surface area contributed by atoms with E-state index in [1.165, 1.54) is 29.2 Å². The first-order chi connectivity index (χ1) is 18.0. The number of hydrogen-bond donors (Lipinski definition) is 1. The van der Waals surface area contributed by atoms with Crippen LogP contribution in [0.15, 0.2) is 40.5 Å². The lowest BCUT2D eigenvalue weighted by Crippen LogP contribution is -2.52. The number of fused-ring (bicyclic) bond motifs is 3. The summed E-state index contributed by atoms with van der Waals surface area (Å²) >= 11 is 0. The van der Waals surface area contributed by atoms with E-state index in [-0.39, 0.29) is 28.5 Å². The normalized spacial score (nSPS) is 23.6. The number of benzene rings is 1. The second-order valence-corrected chi connectivity index (χ2v) is 11.7. The molecule has 0 unspecified atom stereocenters. The third-order valence-electron chi connectivity index (χ3n) is 6.95. The van der Waals surface area contributed by atoms with Crippen molar-refractivity contribution in [1.82, 2.24) is 24.3 Å². The van der Waals surface area contributed by atoms with Gasteiger partial charge in [-0.15, -0.1) is 0 Å². The van der Waals surface area contributed by atoms with Gasteiger partial charge in [-0.25, -0.2) is 18.1 Å². The van der Waals surface area contributed by atoms with E-state index in [1.807, 2.05) is 6.92 Å². The van der Waals surface area contributed by atoms with E-state index in [1.54, 1.807) is 18.0 Å². The average molecular weight is 510 g/mol. The Balaban J connectivity index is 1.42. The second kappa shape index (κ2) is 8.44. The molecule has 4 heterocycles. The third-order valence-corrected chi connectivity index (χ3v) is 8.59. The number of sulfonamides is 1. The maximum absolute atomic E-state index is 13.9. The molecule has 2 fully saturated rings. The van der Waals surface area contributed by atoms with Crippen molar-refractivity contribution >= 4 is 27.6 Å². The largest absolute Gasteiger partial charge is 0.295 e. The first kappa shape index (κ1) is 20.9. The van der Waals surface area contributed by atoms with E-state index in [4.69, 9.17) is 2.74 Å². The minimum absolute atomic E-state index is 0.0420. The van der Waals surface area contributed by atoms with Gasteiger partial charge in [0.05, 0.1) is 44.7 Å². The molecule has 1 aromatic heterocycles. The van der Waals surface area contributed by atoms with E-state index in [2.05, 4.69) is 31.6 Å². The maximum atomic E-state index is 13.9. The molecule has 1 aromatic carbocycles. The topological polar surface area (TPSA) is 103 Å². The highest BCUT2D eigenvalue weighted by atomic mass is 32.2. The molecule has 188 valence electrons. The molecule has 11 heteroatoms. The zero-order valence-corrected chi connectivity index (χ0v) is 21.0. The van der Waals surface area contributed by atoms with E-state index in [0.29, 0.717) is 12.2 Å². The molecule has 1 aliphatic carbocycles. The van der Waals surface area contributed by atoms with Crippen molar-refractivity contribution < 1.29 is 16.0 Å². The van der Waals surface area contributed by atoms with Crippen LogP contribution < -0.4 is 9.62 Å². The smallest absolute Gasteiger partial charge is 0.263 e. The second-order valence-electron chi connectivity index (χ2n) is 9.98. The average Bonchev–Trinajstić information content (AvgIpc) is 3.19. The molecule has 36 heavy (non-hydrogen) atoms. The van der Waals surface area contributed by atoms with Crippen molar-refractivity contribution in [2.24, 2.45) is 12.0 Å². The highest BCUT2D eigenvalue weighted by Gasteiger charge is 2.44. The van der Waals surface area contributed by atoms with E-state index < -0.39 is 34.0 Å². The molecule has 0 spiro atoms. The number of rotatable bonds is 6. The number of aliphatic imine (C=N–C) groups is 1. The molecular weight excluding hydrogens is 478 g/mol.